The van der Waals surface area contributed by atoms with E-state index in [4.69, 9.17) is 19.2 Å². The molecule has 0 aliphatic carbocycles. The van der Waals surface area contributed by atoms with Gasteiger partial charge >= 0.3 is 84.5 Å². The van der Waals surface area contributed by atoms with Crippen LogP contribution in [0, 0.1) is 0 Å². The minimum absolute atomic E-state index is 0. The second-order valence-electron chi connectivity index (χ2n) is 0.600. The number of rotatable bonds is 0. The Morgan fingerprint density at radius 2 is 0.875 bits per heavy atom. The van der Waals surface area contributed by atoms with Crippen molar-refractivity contribution in [2.45, 2.75) is 0 Å². The molecule has 0 aromatic heterocycles. The second kappa shape index (κ2) is 10.0. The van der Waals surface area contributed by atoms with Crippen LogP contribution < -0.4 is 0 Å². The average Bonchev–Trinajstić information content (AvgIpc) is 0.722. The van der Waals surface area contributed by atoms with Gasteiger partial charge in [-0.3, -0.25) is 0 Å². The van der Waals surface area contributed by atoms with E-state index in [1.165, 1.54) is 0 Å². The van der Waals surface area contributed by atoms with Crippen LogP contribution in [0.15, 0.2) is 0 Å². The predicted molar refractivity (Wildman–Crippen MR) is 41.7 cm³/mol. The van der Waals surface area contributed by atoms with Crippen LogP contribution >= 0.6 is 9.90 Å². The van der Waals surface area contributed by atoms with E-state index >= 15 is 0 Å². The zero-order chi connectivity index (χ0) is 4.50. The van der Waals surface area contributed by atoms with E-state index in [2.05, 4.69) is 0 Å². The van der Waals surface area contributed by atoms with Crippen LogP contribution in [0.25, 0.3) is 0 Å². The Kier molecular flexibility index (Phi) is 28.1. The molecule has 0 amide bonds. The molecule has 0 saturated heterocycles. The van der Waals surface area contributed by atoms with Crippen molar-refractivity contribution in [2.75, 3.05) is 0 Å². The molecule has 48 valence electrons. The average molecular weight is 214 g/mol. The van der Waals surface area contributed by atoms with Crippen LogP contribution in [0.1, 0.15) is 5.71 Å². The Hall–Kier alpha value is 3.01. The third-order valence-electron chi connectivity index (χ3n) is 0. The quantitative estimate of drug-likeness (QED) is 0.258. The largest absolute Gasteiger partial charge is 2.00 e. The standard InChI is InChI=1S/2Ca.H4O4Si.H3P.4H/c;;1-5(2,3)4;;;;;/h;;1-4H;1H3;;;;/q2*+2;;;4*-1. The van der Waals surface area contributed by atoms with Crippen molar-refractivity contribution < 1.29 is 24.9 Å². The predicted octanol–water partition coefficient (Wildman–Crippen LogP) is -2.86. The van der Waals surface area contributed by atoms with Crippen LogP contribution in [0.3, 0.4) is 0 Å². The molecule has 0 radical (unpaired) electrons. The van der Waals surface area contributed by atoms with Gasteiger partial charge < -0.3 is 24.9 Å². The number of hydrogen-bond donors (Lipinski definition) is 4. The molecule has 0 aromatic carbocycles. The first kappa shape index (κ1) is 22.4. The minimum Gasteiger partial charge on any atom is -1.00 e. The molecule has 4 nitrogen and oxygen atoms in total. The SMILES string of the molecule is O[Si](O)(O)O.P.[Ca+2].[Ca+2].[H-].[H-].[H-].[H-]. The number of hydrogen-bond acceptors (Lipinski definition) is 4. The molecule has 0 aliphatic rings. The van der Waals surface area contributed by atoms with Gasteiger partial charge in [0.25, 0.3) is 0 Å². The molecular weight excluding hydrogens is 203 g/mol. The summed E-state index contributed by atoms with van der Waals surface area (Å²) in [5, 5.41) is 0. The molecule has 0 heterocycles. The summed E-state index contributed by atoms with van der Waals surface area (Å²) in [6.45, 7) is 0. The molecule has 1 unspecified atom stereocenters. The fraction of sp³-hybridized carbons (Fsp3) is 0. The first-order valence-electron chi connectivity index (χ1n) is 0.894. The Bertz CT molecular complexity index is 40.5. The maximum absolute atomic E-state index is 7.33. The van der Waals surface area contributed by atoms with Crippen molar-refractivity contribution in [2.24, 2.45) is 0 Å². The molecule has 0 rings (SSSR count). The van der Waals surface area contributed by atoms with Gasteiger partial charge in [0.15, 0.2) is 0 Å². The summed E-state index contributed by atoms with van der Waals surface area (Å²) < 4.78 is 0. The summed E-state index contributed by atoms with van der Waals surface area (Å²) in [4.78, 5) is 29.3. The molecule has 0 aliphatic heterocycles. The van der Waals surface area contributed by atoms with Gasteiger partial charge in [0.05, 0.1) is 0 Å². The Balaban J connectivity index is -0.00000000381. The van der Waals surface area contributed by atoms with Crippen molar-refractivity contribution in [3.8, 4) is 0 Å². The van der Waals surface area contributed by atoms with Gasteiger partial charge in [-0.25, -0.2) is 0 Å². The maximum Gasteiger partial charge on any atom is 2.00 e. The van der Waals surface area contributed by atoms with E-state index < -0.39 is 9.05 Å². The van der Waals surface area contributed by atoms with Crippen molar-refractivity contribution in [1.29, 1.82) is 0 Å². The molecule has 8 heavy (non-hydrogen) atoms. The molecular formula is H11Ca2O4PSi. The maximum atomic E-state index is 7.33. The van der Waals surface area contributed by atoms with E-state index in [9.17, 15) is 0 Å². The summed E-state index contributed by atoms with van der Waals surface area (Å²) in [5.74, 6) is 0. The van der Waals surface area contributed by atoms with Crippen molar-refractivity contribution in [3.05, 3.63) is 0 Å². The Labute approximate surface area is 117 Å². The Morgan fingerprint density at radius 1 is 0.875 bits per heavy atom. The van der Waals surface area contributed by atoms with Gasteiger partial charge in [0.2, 0.25) is 0 Å². The summed E-state index contributed by atoms with van der Waals surface area (Å²) in [7, 11) is -4.61. The molecule has 0 spiro atoms. The van der Waals surface area contributed by atoms with Crippen molar-refractivity contribution >= 4 is 94.4 Å². The van der Waals surface area contributed by atoms with E-state index in [1.54, 1.807) is 0 Å². The van der Waals surface area contributed by atoms with Gasteiger partial charge in [-0.15, -0.1) is 0 Å². The van der Waals surface area contributed by atoms with Crippen LogP contribution in [0.2, 0.25) is 0 Å². The zero-order valence-corrected chi connectivity index (χ0v) is 11.2. The van der Waals surface area contributed by atoms with E-state index in [0.717, 1.165) is 0 Å². The zero-order valence-electron chi connectivity index (χ0n) is 8.41. The van der Waals surface area contributed by atoms with E-state index in [1.807, 2.05) is 0 Å². The first-order valence-corrected chi connectivity index (χ1v) is 2.68. The van der Waals surface area contributed by atoms with Gasteiger partial charge in [0, 0.05) is 0 Å². The van der Waals surface area contributed by atoms with Crippen molar-refractivity contribution in [3.63, 3.8) is 0 Å². The first-order chi connectivity index (χ1) is 2.00. The van der Waals surface area contributed by atoms with E-state index in [0.29, 0.717) is 0 Å². The normalized spacial score (nSPS) is 7.50. The second-order valence-corrected chi connectivity index (χ2v) is 1.80. The topological polar surface area (TPSA) is 80.9 Å². The minimum atomic E-state index is -4.61. The smallest absolute Gasteiger partial charge is 1.00 e. The van der Waals surface area contributed by atoms with E-state index in [-0.39, 0.29) is 91.1 Å². The third-order valence-corrected chi connectivity index (χ3v) is 0. The summed E-state index contributed by atoms with van der Waals surface area (Å²) in [5.41, 5.74) is 0. The molecule has 4 N–H and O–H groups in total. The summed E-state index contributed by atoms with van der Waals surface area (Å²) >= 11 is 0. The fourth-order valence-corrected chi connectivity index (χ4v) is 0. The van der Waals surface area contributed by atoms with Crippen LogP contribution in [-0.2, 0) is 0 Å². The van der Waals surface area contributed by atoms with Crippen LogP contribution in [-0.4, -0.2) is 104 Å². The molecule has 1 atom stereocenters. The van der Waals surface area contributed by atoms with Crippen LogP contribution in [0.5, 0.6) is 0 Å². The molecule has 8 heteroatoms. The van der Waals surface area contributed by atoms with Gasteiger partial charge in [-0.1, -0.05) is 0 Å². The third kappa shape index (κ3) is 63.9. The molecule has 0 aromatic rings. The van der Waals surface area contributed by atoms with Gasteiger partial charge in [-0.2, -0.15) is 9.90 Å². The molecule has 0 saturated carbocycles. The van der Waals surface area contributed by atoms with Crippen molar-refractivity contribution in [1.82, 2.24) is 0 Å². The molecule has 0 fully saturated rings. The monoisotopic (exact) mass is 214 g/mol. The molecule has 0 bridgehead atoms. The van der Waals surface area contributed by atoms with Gasteiger partial charge in [-0.05, 0) is 0 Å². The van der Waals surface area contributed by atoms with Gasteiger partial charge in [0.1, 0.15) is 0 Å². The fourth-order valence-electron chi connectivity index (χ4n) is 0. The Morgan fingerprint density at radius 3 is 0.875 bits per heavy atom. The summed E-state index contributed by atoms with van der Waals surface area (Å²) in [6, 6.07) is 0. The van der Waals surface area contributed by atoms with Crippen LogP contribution in [0.4, 0.5) is 0 Å². The summed E-state index contributed by atoms with van der Waals surface area (Å²) in [6.07, 6.45) is 0.